The van der Waals surface area contributed by atoms with Crippen LogP contribution in [0.3, 0.4) is 0 Å². The number of ether oxygens (including phenoxy) is 3. The third-order valence-electron chi connectivity index (χ3n) is 6.03. The number of rotatable bonds is 8. The highest BCUT2D eigenvalue weighted by Crippen LogP contribution is 2.38. The van der Waals surface area contributed by atoms with Crippen LogP contribution >= 0.6 is 0 Å². The lowest BCUT2D eigenvalue weighted by Gasteiger charge is -2.25. The van der Waals surface area contributed by atoms with Gasteiger partial charge in [0, 0.05) is 11.6 Å². The number of carbonyl (C=O) groups is 2. The summed E-state index contributed by atoms with van der Waals surface area (Å²) in [6, 6.07) is 21.2. The van der Waals surface area contributed by atoms with E-state index in [-0.39, 0.29) is 23.9 Å². The van der Waals surface area contributed by atoms with E-state index >= 15 is 0 Å². The highest BCUT2D eigenvalue weighted by molar-refractivity contribution is 5.97. The van der Waals surface area contributed by atoms with Crippen LogP contribution in [0.1, 0.15) is 36.7 Å². The summed E-state index contributed by atoms with van der Waals surface area (Å²) in [6.07, 6.45) is 3.60. The maximum absolute atomic E-state index is 13.5. The summed E-state index contributed by atoms with van der Waals surface area (Å²) < 4.78 is 28.3. The van der Waals surface area contributed by atoms with Gasteiger partial charge in [-0.05, 0) is 44.5 Å². The molecule has 42 heavy (non-hydrogen) atoms. The average Bonchev–Trinajstić information content (AvgIpc) is 3.69. The predicted octanol–water partition coefficient (Wildman–Crippen LogP) is 7.44. The van der Waals surface area contributed by atoms with Gasteiger partial charge in [-0.1, -0.05) is 48.5 Å². The number of oxazole rings is 2. The summed E-state index contributed by atoms with van der Waals surface area (Å²) in [5.41, 5.74) is 1.81. The summed E-state index contributed by atoms with van der Waals surface area (Å²) in [5, 5.41) is 0. The Bertz CT molecular complexity index is 1670. The van der Waals surface area contributed by atoms with Gasteiger partial charge in [0.15, 0.2) is 17.9 Å². The summed E-state index contributed by atoms with van der Waals surface area (Å²) in [6.45, 7) is 5.40. The normalized spacial score (nSPS) is 11.1. The van der Waals surface area contributed by atoms with Crippen molar-refractivity contribution in [3.8, 4) is 28.4 Å². The zero-order valence-electron chi connectivity index (χ0n) is 23.6. The Morgan fingerprint density at radius 3 is 2.38 bits per heavy atom. The molecule has 5 rings (SSSR count). The van der Waals surface area contributed by atoms with Crippen molar-refractivity contribution in [1.29, 1.82) is 0 Å². The van der Waals surface area contributed by atoms with E-state index in [0.29, 0.717) is 28.3 Å². The maximum Gasteiger partial charge on any atom is 0.423 e. The van der Waals surface area contributed by atoms with Crippen LogP contribution in [0.25, 0.3) is 22.6 Å². The van der Waals surface area contributed by atoms with E-state index in [0.717, 1.165) is 5.56 Å². The standard InChI is InChI=1S/C32H29N3O7/c1-32(2,3)42-31(37)35(22-14-15-25(26(16-22)38-4)27-17-33-20-40-27)30-34-18-28(41-30)23-12-8-9-13-24(23)29(36)39-19-21-10-6-5-7-11-21/h5-18,20H,19H2,1-4H3. The van der Waals surface area contributed by atoms with E-state index in [2.05, 4.69) is 9.97 Å². The van der Waals surface area contributed by atoms with E-state index in [1.807, 2.05) is 30.3 Å². The molecule has 3 aromatic carbocycles. The Balaban J connectivity index is 1.49. The number of carbonyl (C=O) groups excluding carboxylic acids is 2. The molecule has 214 valence electrons. The first kappa shape index (κ1) is 28.2. The molecule has 0 radical (unpaired) electrons. The van der Waals surface area contributed by atoms with Crippen molar-refractivity contribution < 1.29 is 32.6 Å². The van der Waals surface area contributed by atoms with Gasteiger partial charge in [-0.25, -0.2) is 19.6 Å². The molecule has 0 aliphatic carbocycles. The number of methoxy groups -OCH3 is 1. The Labute approximate surface area is 242 Å². The molecular formula is C32H29N3O7. The zero-order valence-corrected chi connectivity index (χ0v) is 23.6. The molecule has 0 atom stereocenters. The lowest BCUT2D eigenvalue weighted by atomic mass is 10.1. The average molecular weight is 568 g/mol. The van der Waals surface area contributed by atoms with Gasteiger partial charge in [0.25, 0.3) is 0 Å². The highest BCUT2D eigenvalue weighted by atomic mass is 16.6. The second-order valence-electron chi connectivity index (χ2n) is 10.2. The van der Waals surface area contributed by atoms with Gasteiger partial charge < -0.3 is 23.0 Å². The molecule has 10 nitrogen and oxygen atoms in total. The van der Waals surface area contributed by atoms with Gasteiger partial charge in [0.05, 0.1) is 36.3 Å². The van der Waals surface area contributed by atoms with Crippen LogP contribution in [0.4, 0.5) is 16.5 Å². The number of nitrogens with zero attached hydrogens (tertiary/aromatic N) is 3. The van der Waals surface area contributed by atoms with Crippen LogP contribution in [0.5, 0.6) is 5.75 Å². The predicted molar refractivity (Wildman–Crippen MR) is 154 cm³/mol. The first-order valence-electron chi connectivity index (χ1n) is 13.1. The van der Waals surface area contributed by atoms with Crippen LogP contribution < -0.4 is 9.64 Å². The van der Waals surface area contributed by atoms with Crippen molar-refractivity contribution in [2.45, 2.75) is 33.0 Å². The molecule has 2 heterocycles. The van der Waals surface area contributed by atoms with Gasteiger partial charge in [-0.15, -0.1) is 0 Å². The molecule has 5 aromatic rings. The quantitative estimate of drug-likeness (QED) is 0.176. The number of hydrogen-bond donors (Lipinski definition) is 0. The Hall–Kier alpha value is -5.38. The SMILES string of the molecule is COc1cc(N(C(=O)OC(C)(C)C)c2ncc(-c3ccccc3C(=O)OCc3ccccc3)o2)ccc1-c1cnco1. The summed E-state index contributed by atoms with van der Waals surface area (Å²) in [7, 11) is 1.51. The van der Waals surface area contributed by atoms with Gasteiger partial charge in [-0.2, -0.15) is 4.90 Å². The molecule has 0 spiro atoms. The topological polar surface area (TPSA) is 117 Å². The lowest BCUT2D eigenvalue weighted by molar-refractivity contribution is 0.0472. The number of anilines is 2. The number of benzene rings is 3. The minimum Gasteiger partial charge on any atom is -0.496 e. The molecule has 10 heteroatoms. The first-order chi connectivity index (χ1) is 20.2. The van der Waals surface area contributed by atoms with E-state index in [9.17, 15) is 9.59 Å². The van der Waals surface area contributed by atoms with E-state index in [1.165, 1.54) is 24.6 Å². The molecule has 0 N–H and O–H groups in total. The smallest absolute Gasteiger partial charge is 0.423 e. The Morgan fingerprint density at radius 2 is 1.67 bits per heavy atom. The van der Waals surface area contributed by atoms with Gasteiger partial charge in [0.1, 0.15) is 18.0 Å². The molecule has 0 saturated carbocycles. The van der Waals surface area contributed by atoms with Crippen molar-refractivity contribution in [2.75, 3.05) is 12.0 Å². The van der Waals surface area contributed by atoms with Crippen LogP contribution in [0.15, 0.2) is 100 Å². The molecule has 2 aromatic heterocycles. The zero-order chi connectivity index (χ0) is 29.7. The molecule has 0 aliphatic rings. The molecule has 0 bridgehead atoms. The van der Waals surface area contributed by atoms with Gasteiger partial charge in [-0.3, -0.25) is 0 Å². The fraction of sp³-hybridized carbons (Fsp3) is 0.188. The summed E-state index contributed by atoms with van der Waals surface area (Å²) in [5.74, 6) is 0.660. The van der Waals surface area contributed by atoms with E-state index < -0.39 is 17.7 Å². The largest absolute Gasteiger partial charge is 0.496 e. The molecular weight excluding hydrogens is 538 g/mol. The fourth-order valence-electron chi connectivity index (χ4n) is 4.14. The monoisotopic (exact) mass is 567 g/mol. The van der Waals surface area contributed by atoms with Crippen molar-refractivity contribution in [1.82, 2.24) is 9.97 Å². The molecule has 0 saturated heterocycles. The molecule has 1 amide bonds. The second-order valence-corrected chi connectivity index (χ2v) is 10.2. The van der Waals surface area contributed by atoms with Gasteiger partial charge >= 0.3 is 18.1 Å². The minimum absolute atomic E-state index is 0.0684. The number of amides is 1. The fourth-order valence-corrected chi connectivity index (χ4v) is 4.14. The van der Waals surface area contributed by atoms with Crippen LogP contribution in [-0.4, -0.2) is 34.7 Å². The number of esters is 1. The van der Waals surface area contributed by atoms with Crippen LogP contribution in [0, 0.1) is 0 Å². The van der Waals surface area contributed by atoms with E-state index in [4.69, 9.17) is 23.0 Å². The Kier molecular flexibility index (Phi) is 8.05. The third kappa shape index (κ3) is 6.33. The Morgan fingerprint density at radius 1 is 0.905 bits per heavy atom. The van der Waals surface area contributed by atoms with Crippen LogP contribution in [0.2, 0.25) is 0 Å². The summed E-state index contributed by atoms with van der Waals surface area (Å²) >= 11 is 0. The minimum atomic E-state index is -0.802. The van der Waals surface area contributed by atoms with E-state index in [1.54, 1.807) is 69.4 Å². The van der Waals surface area contributed by atoms with Crippen molar-refractivity contribution in [3.05, 3.63) is 103 Å². The van der Waals surface area contributed by atoms with Crippen molar-refractivity contribution in [3.63, 3.8) is 0 Å². The molecule has 0 unspecified atom stereocenters. The third-order valence-corrected chi connectivity index (χ3v) is 6.03. The van der Waals surface area contributed by atoms with Crippen molar-refractivity contribution in [2.24, 2.45) is 0 Å². The second kappa shape index (κ2) is 12.0. The summed E-state index contributed by atoms with van der Waals surface area (Å²) in [4.78, 5) is 36.1. The maximum atomic E-state index is 13.5. The highest BCUT2D eigenvalue weighted by Gasteiger charge is 2.30. The first-order valence-corrected chi connectivity index (χ1v) is 13.1. The lowest BCUT2D eigenvalue weighted by Crippen LogP contribution is -2.34. The van der Waals surface area contributed by atoms with Gasteiger partial charge in [0.2, 0.25) is 0 Å². The number of aromatic nitrogens is 2. The van der Waals surface area contributed by atoms with Crippen molar-refractivity contribution >= 4 is 23.8 Å². The number of hydrogen-bond acceptors (Lipinski definition) is 9. The van der Waals surface area contributed by atoms with Crippen LogP contribution in [-0.2, 0) is 16.1 Å². The molecule has 0 fully saturated rings. The molecule has 0 aliphatic heterocycles.